The van der Waals surface area contributed by atoms with E-state index < -0.39 is 17.6 Å². The summed E-state index contributed by atoms with van der Waals surface area (Å²) < 4.78 is 44.2. The predicted octanol–water partition coefficient (Wildman–Crippen LogP) is 4.77. The maximum absolute atomic E-state index is 13.7. The Morgan fingerprint density at radius 2 is 1.88 bits per heavy atom. The first-order valence-corrected chi connectivity index (χ1v) is 12.3. The van der Waals surface area contributed by atoms with Crippen molar-refractivity contribution in [2.45, 2.75) is 20.0 Å². The fourth-order valence-electron chi connectivity index (χ4n) is 4.32. The highest BCUT2D eigenvalue weighted by Crippen LogP contribution is 2.32. The molecule has 0 radical (unpaired) electrons. The molecule has 2 aromatic carbocycles. The summed E-state index contributed by atoms with van der Waals surface area (Å²) in [5, 5.41) is 5.83. The summed E-state index contributed by atoms with van der Waals surface area (Å²) in [6, 6.07) is 8.34. The van der Waals surface area contributed by atoms with Crippen molar-refractivity contribution in [2.24, 2.45) is 0 Å². The average Bonchev–Trinajstić information content (AvgIpc) is 3.70. The minimum atomic E-state index is -4.60. The summed E-state index contributed by atoms with van der Waals surface area (Å²) in [7, 11) is 0. The number of aryl methyl sites for hydroxylation is 2. The lowest BCUT2D eigenvalue weighted by atomic mass is 10.1. The quantitative estimate of drug-likeness (QED) is 0.217. The molecule has 6 rings (SSSR count). The van der Waals surface area contributed by atoms with Crippen LogP contribution in [0.2, 0.25) is 0 Å². The van der Waals surface area contributed by atoms with Gasteiger partial charge in [-0.3, -0.25) is 9.36 Å². The number of alkyl halides is 3. The van der Waals surface area contributed by atoms with Gasteiger partial charge in [-0.25, -0.2) is 29.5 Å². The Morgan fingerprint density at radius 3 is 2.66 bits per heavy atom. The van der Waals surface area contributed by atoms with Crippen molar-refractivity contribution >= 4 is 34.4 Å². The fraction of sp³-hybridized carbons (Fsp3) is 0.111. The van der Waals surface area contributed by atoms with Crippen LogP contribution in [0, 0.1) is 13.8 Å². The summed E-state index contributed by atoms with van der Waals surface area (Å²) in [5.41, 5.74) is 2.86. The monoisotopic (exact) mass is 559 g/mol. The second-order valence-electron chi connectivity index (χ2n) is 9.29. The normalized spacial score (nSPS) is 11.6. The summed E-state index contributed by atoms with van der Waals surface area (Å²) in [6.07, 6.45) is 4.81. The molecule has 4 aromatic heterocycles. The number of aromatic nitrogens is 8. The molecule has 14 heteroatoms. The number of amides is 1. The van der Waals surface area contributed by atoms with E-state index in [1.165, 1.54) is 29.6 Å². The van der Waals surface area contributed by atoms with Gasteiger partial charge in [-0.2, -0.15) is 13.2 Å². The molecule has 0 aliphatic rings. The van der Waals surface area contributed by atoms with Crippen molar-refractivity contribution in [3.63, 3.8) is 0 Å². The van der Waals surface area contributed by atoms with E-state index in [1.807, 2.05) is 6.92 Å². The highest BCUT2D eigenvalue weighted by molar-refractivity contribution is 6.05. The van der Waals surface area contributed by atoms with Crippen LogP contribution in [0.1, 0.15) is 27.2 Å². The molecule has 0 saturated heterocycles. The number of rotatable bonds is 6. The molecule has 0 bridgehead atoms. The molecule has 1 amide bonds. The number of nitrogens with zero attached hydrogens (tertiary/aromatic N) is 6. The molecule has 0 aliphatic carbocycles. The largest absolute Gasteiger partial charge is 0.416 e. The van der Waals surface area contributed by atoms with E-state index in [1.54, 1.807) is 48.3 Å². The van der Waals surface area contributed by atoms with Crippen LogP contribution in [-0.2, 0) is 6.18 Å². The number of carbonyl (C=O) groups excluding carboxylic acids is 1. The van der Waals surface area contributed by atoms with Gasteiger partial charge in [0.15, 0.2) is 11.5 Å². The van der Waals surface area contributed by atoms with Crippen LogP contribution in [0.5, 0.6) is 0 Å². The smallest absolute Gasteiger partial charge is 0.340 e. The molecular weight excluding hydrogens is 537 g/mol. The van der Waals surface area contributed by atoms with Crippen molar-refractivity contribution in [3.8, 4) is 11.5 Å². The Kier molecular flexibility index (Phi) is 6.21. The average molecular weight is 560 g/mol. The maximum atomic E-state index is 13.7. The first kappa shape index (κ1) is 25.7. The highest BCUT2D eigenvalue weighted by atomic mass is 19.4. The molecule has 0 atom stereocenters. The molecule has 0 aliphatic heterocycles. The molecule has 4 N–H and O–H groups in total. The molecular formula is C27H22F3N10O+. The van der Waals surface area contributed by atoms with Crippen molar-refractivity contribution in [3.05, 3.63) is 96.4 Å². The van der Waals surface area contributed by atoms with Crippen LogP contribution >= 0.6 is 0 Å². The predicted molar refractivity (Wildman–Crippen MR) is 143 cm³/mol. The second-order valence-corrected chi connectivity index (χ2v) is 9.29. The van der Waals surface area contributed by atoms with E-state index in [2.05, 4.69) is 40.5 Å². The molecule has 4 heterocycles. The second kappa shape index (κ2) is 9.89. The Bertz CT molecular complexity index is 1900. The molecule has 41 heavy (non-hydrogen) atoms. The van der Waals surface area contributed by atoms with Gasteiger partial charge in [0.05, 0.1) is 11.9 Å². The topological polar surface area (TPSA) is 133 Å². The van der Waals surface area contributed by atoms with Crippen LogP contribution in [0.4, 0.5) is 30.5 Å². The lowest BCUT2D eigenvalue weighted by Crippen LogP contribution is -2.28. The van der Waals surface area contributed by atoms with Gasteiger partial charge in [-0.05, 0) is 36.8 Å². The Labute approximate surface area is 230 Å². The van der Waals surface area contributed by atoms with Gasteiger partial charge in [0.2, 0.25) is 12.3 Å². The van der Waals surface area contributed by atoms with Gasteiger partial charge in [0.25, 0.3) is 5.91 Å². The molecule has 206 valence electrons. The Balaban J connectivity index is 1.29. The number of aromatic amines is 2. The zero-order valence-electron chi connectivity index (χ0n) is 21.7. The number of fused-ring (bicyclic) bond motifs is 1. The molecule has 0 saturated carbocycles. The first-order valence-electron chi connectivity index (χ1n) is 12.3. The molecule has 6 aromatic rings. The number of carbonyl (C=O) groups is 1. The summed E-state index contributed by atoms with van der Waals surface area (Å²) in [5.74, 6) is 0.364. The van der Waals surface area contributed by atoms with Crippen LogP contribution in [0.25, 0.3) is 22.7 Å². The van der Waals surface area contributed by atoms with E-state index in [0.717, 1.165) is 23.4 Å². The van der Waals surface area contributed by atoms with Crippen LogP contribution in [0.3, 0.4) is 0 Å². The third kappa shape index (κ3) is 5.09. The fourth-order valence-corrected chi connectivity index (χ4v) is 4.32. The lowest BCUT2D eigenvalue weighted by Gasteiger charge is -2.14. The first-order chi connectivity index (χ1) is 19.7. The lowest BCUT2D eigenvalue weighted by molar-refractivity contribution is -0.594. The van der Waals surface area contributed by atoms with Crippen LogP contribution in [-0.4, -0.2) is 40.4 Å². The summed E-state index contributed by atoms with van der Waals surface area (Å²) >= 11 is 0. The van der Waals surface area contributed by atoms with Gasteiger partial charge in [-0.15, -0.1) is 0 Å². The molecule has 11 nitrogen and oxygen atoms in total. The number of imidazole rings is 3. The van der Waals surface area contributed by atoms with Crippen molar-refractivity contribution in [1.82, 2.24) is 34.5 Å². The SMILES string of the molecule is Cc1c[n+](-c2cc(NC(=O)c3ccc(C)c(Nc4nccn4-c4ncnc5nc[nH]c45)c3)cc(C(F)(F)F)c2)c[nH]1. The number of hydrogen-bond acceptors (Lipinski definition) is 6. The Hall–Kier alpha value is -5.53. The van der Waals surface area contributed by atoms with E-state index in [9.17, 15) is 18.0 Å². The number of hydrogen-bond donors (Lipinski definition) is 4. The van der Waals surface area contributed by atoms with Crippen molar-refractivity contribution in [2.75, 3.05) is 10.6 Å². The standard InChI is InChI=1S/C27H21F3N10O/c1-15-3-4-17(7-21(15)38-26-31-5-6-40(26)24-22-23(33-12-32-22)34-13-35-24)25(41)37-19-8-18(27(28,29)30)9-20(10-19)39-11-16(2)36-14-39/h3-14H,1-2H3,(H3,31,32,33,34,35,37,38,41)/p+1. The number of anilines is 3. The number of benzene rings is 2. The number of nitrogens with one attached hydrogen (secondary N) is 4. The maximum Gasteiger partial charge on any atom is 0.416 e. The zero-order valence-corrected chi connectivity index (χ0v) is 21.7. The van der Waals surface area contributed by atoms with E-state index in [4.69, 9.17) is 0 Å². The zero-order chi connectivity index (χ0) is 28.7. The minimum Gasteiger partial charge on any atom is -0.340 e. The van der Waals surface area contributed by atoms with Gasteiger partial charge >= 0.3 is 6.18 Å². The number of H-pyrrole nitrogens is 2. The third-order valence-corrected chi connectivity index (χ3v) is 6.38. The van der Waals surface area contributed by atoms with Crippen molar-refractivity contribution < 1.29 is 22.5 Å². The molecule has 0 unspecified atom stereocenters. The van der Waals surface area contributed by atoms with Gasteiger partial charge in [0, 0.05) is 42.3 Å². The van der Waals surface area contributed by atoms with E-state index in [0.29, 0.717) is 28.6 Å². The van der Waals surface area contributed by atoms with E-state index >= 15 is 0 Å². The number of halogens is 3. The van der Waals surface area contributed by atoms with Crippen molar-refractivity contribution in [1.29, 1.82) is 0 Å². The summed E-state index contributed by atoms with van der Waals surface area (Å²) in [4.78, 5) is 36.2. The minimum absolute atomic E-state index is 0.00383. The van der Waals surface area contributed by atoms with Gasteiger partial charge in [-0.1, -0.05) is 6.07 Å². The van der Waals surface area contributed by atoms with E-state index in [-0.39, 0.29) is 16.9 Å². The summed E-state index contributed by atoms with van der Waals surface area (Å²) in [6.45, 7) is 3.64. The Morgan fingerprint density at radius 1 is 1.02 bits per heavy atom. The molecule has 0 spiro atoms. The van der Waals surface area contributed by atoms with Gasteiger partial charge in [0.1, 0.15) is 29.4 Å². The molecule has 0 fully saturated rings. The van der Waals surface area contributed by atoms with Gasteiger partial charge < -0.3 is 15.6 Å². The van der Waals surface area contributed by atoms with Crippen LogP contribution < -0.4 is 15.2 Å². The third-order valence-electron chi connectivity index (χ3n) is 6.38. The highest BCUT2D eigenvalue weighted by Gasteiger charge is 2.32. The van der Waals surface area contributed by atoms with Crippen LogP contribution in [0.15, 0.2) is 74.0 Å².